The normalized spacial score (nSPS) is 14.1. The number of hydrogen-bond donors (Lipinski definition) is 3. The zero-order chi connectivity index (χ0) is 19.3. The van der Waals surface area contributed by atoms with E-state index in [1.165, 1.54) is 16.2 Å². The fourth-order valence-corrected chi connectivity index (χ4v) is 3.86. The zero-order valence-corrected chi connectivity index (χ0v) is 17.3. The topological polar surface area (TPSA) is 87.4 Å². The standard InChI is InChI=1S/C18H24N6OS2/c1-13-22-23-16(24(13)3)11-20-17(19-10-14-6-4-8-26-14)21-12-18(2,25)15-7-5-9-27-15/h4-9,25H,10-12H2,1-3H3,(H2,19,20,21). The van der Waals surface area contributed by atoms with Crippen LogP contribution in [0.25, 0.3) is 0 Å². The second kappa shape index (κ2) is 8.64. The molecular weight excluding hydrogens is 380 g/mol. The van der Waals surface area contributed by atoms with Crippen molar-refractivity contribution in [1.82, 2.24) is 25.4 Å². The minimum atomic E-state index is -0.971. The molecule has 0 saturated carbocycles. The number of nitrogens with one attached hydrogen (secondary N) is 2. The van der Waals surface area contributed by atoms with Gasteiger partial charge < -0.3 is 20.3 Å². The molecule has 0 radical (unpaired) electrons. The second-order valence-electron chi connectivity index (χ2n) is 6.42. The van der Waals surface area contributed by atoms with Crippen molar-refractivity contribution in [3.8, 4) is 0 Å². The van der Waals surface area contributed by atoms with Crippen LogP contribution in [0.5, 0.6) is 0 Å². The van der Waals surface area contributed by atoms with Crippen LogP contribution in [0.1, 0.15) is 28.3 Å². The quantitative estimate of drug-likeness (QED) is 0.416. The molecule has 0 aliphatic rings. The Morgan fingerprint density at radius 2 is 2.00 bits per heavy atom. The summed E-state index contributed by atoms with van der Waals surface area (Å²) in [5.74, 6) is 2.26. The third kappa shape index (κ3) is 5.15. The Morgan fingerprint density at radius 3 is 2.63 bits per heavy atom. The Hall–Kier alpha value is -2.23. The molecule has 3 heterocycles. The maximum absolute atomic E-state index is 10.7. The highest BCUT2D eigenvalue weighted by Crippen LogP contribution is 2.24. The molecule has 1 atom stereocenters. The summed E-state index contributed by atoms with van der Waals surface area (Å²) >= 11 is 3.23. The lowest BCUT2D eigenvalue weighted by Crippen LogP contribution is -2.44. The first-order valence-corrected chi connectivity index (χ1v) is 10.4. The average Bonchev–Trinajstić information content (AvgIpc) is 3.40. The Labute approximate surface area is 166 Å². The van der Waals surface area contributed by atoms with Crippen LogP contribution in [0.2, 0.25) is 0 Å². The summed E-state index contributed by atoms with van der Waals surface area (Å²) in [5.41, 5.74) is -0.971. The first-order chi connectivity index (χ1) is 13.0. The molecule has 0 aliphatic carbocycles. The molecule has 0 aliphatic heterocycles. The fourth-order valence-electron chi connectivity index (χ4n) is 2.42. The third-order valence-corrected chi connectivity index (χ3v) is 6.22. The lowest BCUT2D eigenvalue weighted by atomic mass is 10.1. The predicted molar refractivity (Wildman–Crippen MR) is 110 cm³/mol. The van der Waals surface area contributed by atoms with Gasteiger partial charge in [-0.1, -0.05) is 12.1 Å². The lowest BCUT2D eigenvalue weighted by molar-refractivity contribution is 0.0655. The smallest absolute Gasteiger partial charge is 0.192 e. The van der Waals surface area contributed by atoms with Crippen molar-refractivity contribution in [2.24, 2.45) is 12.0 Å². The van der Waals surface area contributed by atoms with Gasteiger partial charge in [-0.25, -0.2) is 4.99 Å². The number of rotatable bonds is 7. The van der Waals surface area contributed by atoms with Crippen LogP contribution in [0.3, 0.4) is 0 Å². The number of nitrogens with zero attached hydrogens (tertiary/aromatic N) is 4. The predicted octanol–water partition coefficient (Wildman–Crippen LogP) is 2.39. The zero-order valence-electron chi connectivity index (χ0n) is 15.6. The van der Waals surface area contributed by atoms with E-state index in [-0.39, 0.29) is 0 Å². The van der Waals surface area contributed by atoms with Crippen molar-refractivity contribution in [3.63, 3.8) is 0 Å². The molecule has 27 heavy (non-hydrogen) atoms. The number of guanidine groups is 1. The van der Waals surface area contributed by atoms with Gasteiger partial charge in [-0.15, -0.1) is 32.9 Å². The highest BCUT2D eigenvalue weighted by atomic mass is 32.1. The summed E-state index contributed by atoms with van der Waals surface area (Å²) in [4.78, 5) is 6.75. The van der Waals surface area contributed by atoms with E-state index in [9.17, 15) is 5.11 Å². The number of hydrogen-bond acceptors (Lipinski definition) is 6. The van der Waals surface area contributed by atoms with E-state index in [1.54, 1.807) is 18.3 Å². The van der Waals surface area contributed by atoms with E-state index in [0.717, 1.165) is 16.5 Å². The van der Waals surface area contributed by atoms with Gasteiger partial charge in [-0.2, -0.15) is 0 Å². The minimum absolute atomic E-state index is 0.349. The maximum Gasteiger partial charge on any atom is 0.192 e. The van der Waals surface area contributed by atoms with E-state index in [4.69, 9.17) is 0 Å². The van der Waals surface area contributed by atoms with Crippen molar-refractivity contribution < 1.29 is 5.11 Å². The number of aliphatic imine (C=N–C) groups is 1. The molecule has 144 valence electrons. The summed E-state index contributed by atoms with van der Waals surface area (Å²) in [6.07, 6.45) is 0. The molecule has 0 spiro atoms. The van der Waals surface area contributed by atoms with Crippen molar-refractivity contribution in [1.29, 1.82) is 0 Å². The molecule has 0 aromatic carbocycles. The monoisotopic (exact) mass is 404 g/mol. The summed E-state index contributed by atoms with van der Waals surface area (Å²) in [5, 5.41) is 29.5. The summed E-state index contributed by atoms with van der Waals surface area (Å²) in [6.45, 7) is 5.13. The van der Waals surface area contributed by atoms with Gasteiger partial charge in [0.1, 0.15) is 18.0 Å². The van der Waals surface area contributed by atoms with E-state index >= 15 is 0 Å². The Balaban J connectivity index is 1.68. The van der Waals surface area contributed by atoms with Crippen LogP contribution in [-0.4, -0.2) is 32.4 Å². The maximum atomic E-state index is 10.7. The highest BCUT2D eigenvalue weighted by Gasteiger charge is 2.24. The molecule has 0 amide bonds. The largest absolute Gasteiger partial charge is 0.383 e. The summed E-state index contributed by atoms with van der Waals surface area (Å²) in [6, 6.07) is 7.97. The van der Waals surface area contributed by atoms with Crippen molar-refractivity contribution in [2.45, 2.75) is 32.5 Å². The van der Waals surface area contributed by atoms with E-state index in [2.05, 4.69) is 31.9 Å². The molecule has 0 saturated heterocycles. The number of aryl methyl sites for hydroxylation is 1. The molecule has 9 heteroatoms. The van der Waals surface area contributed by atoms with Crippen LogP contribution in [0, 0.1) is 6.92 Å². The number of aliphatic hydroxyl groups is 1. The minimum Gasteiger partial charge on any atom is -0.383 e. The summed E-state index contributed by atoms with van der Waals surface area (Å²) < 4.78 is 1.92. The van der Waals surface area contributed by atoms with Gasteiger partial charge in [0.05, 0.1) is 13.1 Å². The van der Waals surface area contributed by atoms with Gasteiger partial charge in [-0.05, 0) is 36.7 Å². The Kier molecular flexibility index (Phi) is 6.25. The second-order valence-corrected chi connectivity index (χ2v) is 8.40. The van der Waals surface area contributed by atoms with Crippen LogP contribution in [0.15, 0.2) is 40.0 Å². The highest BCUT2D eigenvalue weighted by molar-refractivity contribution is 7.10. The van der Waals surface area contributed by atoms with Gasteiger partial charge in [0.25, 0.3) is 0 Å². The SMILES string of the molecule is Cc1nnc(CN=C(NCc2cccs2)NCC(C)(O)c2cccs2)n1C. The Morgan fingerprint density at radius 1 is 1.22 bits per heavy atom. The first kappa shape index (κ1) is 19.5. The molecule has 7 nitrogen and oxygen atoms in total. The van der Waals surface area contributed by atoms with Crippen LogP contribution < -0.4 is 10.6 Å². The average molecular weight is 405 g/mol. The van der Waals surface area contributed by atoms with Crippen molar-refractivity contribution in [2.75, 3.05) is 6.54 Å². The number of aromatic nitrogens is 3. The van der Waals surface area contributed by atoms with Gasteiger partial charge in [0.15, 0.2) is 11.8 Å². The molecule has 3 rings (SSSR count). The molecule has 0 fully saturated rings. The van der Waals surface area contributed by atoms with Crippen molar-refractivity contribution >= 4 is 28.6 Å². The molecule has 1 unspecified atom stereocenters. The number of thiophene rings is 2. The molecule has 3 aromatic rings. The first-order valence-electron chi connectivity index (χ1n) is 8.61. The molecule has 3 N–H and O–H groups in total. The van der Waals surface area contributed by atoms with E-state index in [1.807, 2.05) is 47.5 Å². The van der Waals surface area contributed by atoms with E-state index < -0.39 is 5.60 Å². The van der Waals surface area contributed by atoms with Gasteiger partial charge in [-0.3, -0.25) is 0 Å². The lowest BCUT2D eigenvalue weighted by Gasteiger charge is -2.23. The van der Waals surface area contributed by atoms with Crippen LogP contribution in [0.4, 0.5) is 0 Å². The molecule has 0 bridgehead atoms. The van der Waals surface area contributed by atoms with Crippen LogP contribution >= 0.6 is 22.7 Å². The van der Waals surface area contributed by atoms with Gasteiger partial charge in [0.2, 0.25) is 0 Å². The Bertz CT molecular complexity index is 868. The fraction of sp³-hybridized carbons (Fsp3) is 0.389. The molecule has 3 aromatic heterocycles. The van der Waals surface area contributed by atoms with Gasteiger partial charge >= 0.3 is 0 Å². The van der Waals surface area contributed by atoms with Gasteiger partial charge in [0, 0.05) is 16.8 Å². The summed E-state index contributed by atoms with van der Waals surface area (Å²) in [7, 11) is 1.92. The molecular formula is C18H24N6OS2. The van der Waals surface area contributed by atoms with Crippen molar-refractivity contribution in [3.05, 3.63) is 56.4 Å². The van der Waals surface area contributed by atoms with E-state index in [0.29, 0.717) is 25.6 Å². The van der Waals surface area contributed by atoms with Crippen LogP contribution in [-0.2, 0) is 25.7 Å². The third-order valence-electron chi connectivity index (χ3n) is 4.22.